The van der Waals surface area contributed by atoms with Gasteiger partial charge in [0.05, 0.1) is 6.54 Å². The number of nitroso groups, excluding NO2 is 1. The molecule has 0 fully saturated rings. The maximum atomic E-state index is 9.79. The Kier molecular flexibility index (Phi) is 8.95. The third-order valence-electron chi connectivity index (χ3n) is 2.32. The van der Waals surface area contributed by atoms with E-state index in [9.17, 15) is 4.91 Å². The van der Waals surface area contributed by atoms with Crippen LogP contribution in [0.4, 0.5) is 0 Å². The molecule has 13 heavy (non-hydrogen) atoms. The molecule has 1 unspecified atom stereocenters. The van der Waals surface area contributed by atoms with Crippen LogP contribution in [0, 0.1) is 10.8 Å². The Labute approximate surface area is 81.4 Å². The zero-order valence-corrected chi connectivity index (χ0v) is 8.67. The largest absolute Gasteiger partial charge is 0.151 e. The minimum Gasteiger partial charge on any atom is -0.151 e. The maximum absolute atomic E-state index is 9.79. The molecular formula is C11H21NO. The van der Waals surface area contributed by atoms with Crippen LogP contribution in [0.2, 0.25) is 0 Å². The van der Waals surface area contributed by atoms with Crippen LogP contribution in [0.25, 0.3) is 0 Å². The lowest BCUT2D eigenvalue weighted by molar-refractivity contribution is 0.499. The van der Waals surface area contributed by atoms with Gasteiger partial charge in [0.1, 0.15) is 0 Å². The fraction of sp³-hybridized carbons (Fsp3) is 0.818. The van der Waals surface area contributed by atoms with Gasteiger partial charge in [-0.3, -0.25) is 0 Å². The minimum absolute atomic E-state index is 0.479. The smallest absolute Gasteiger partial charge is 0.0811 e. The van der Waals surface area contributed by atoms with Crippen molar-refractivity contribution in [2.45, 2.75) is 45.4 Å². The molecule has 0 aliphatic rings. The molecule has 0 aliphatic carbocycles. The Balaban J connectivity index is 3.27. The predicted molar refractivity (Wildman–Crippen MR) is 57.7 cm³/mol. The molecule has 0 saturated carbocycles. The average Bonchev–Trinajstić information content (AvgIpc) is 2.16. The van der Waals surface area contributed by atoms with E-state index in [0.717, 1.165) is 12.8 Å². The standard InChI is InChI=1S/C11H21NO/c1-3-8-11(4-2)9-6-5-7-10-12-13/h4,11H,2-3,5-10H2,1H3. The van der Waals surface area contributed by atoms with E-state index in [1.807, 2.05) is 0 Å². The first-order valence-electron chi connectivity index (χ1n) is 5.26. The van der Waals surface area contributed by atoms with Gasteiger partial charge in [-0.25, -0.2) is 0 Å². The van der Waals surface area contributed by atoms with Crippen molar-refractivity contribution in [2.24, 2.45) is 11.1 Å². The van der Waals surface area contributed by atoms with Crippen molar-refractivity contribution in [3.63, 3.8) is 0 Å². The van der Waals surface area contributed by atoms with Gasteiger partial charge in [0.2, 0.25) is 0 Å². The minimum atomic E-state index is 0.479. The van der Waals surface area contributed by atoms with Crippen LogP contribution in [0.1, 0.15) is 45.4 Å². The van der Waals surface area contributed by atoms with Crippen LogP contribution in [-0.2, 0) is 0 Å². The molecule has 0 amide bonds. The summed E-state index contributed by atoms with van der Waals surface area (Å²) >= 11 is 0. The van der Waals surface area contributed by atoms with E-state index in [1.165, 1.54) is 25.7 Å². The zero-order valence-electron chi connectivity index (χ0n) is 8.67. The van der Waals surface area contributed by atoms with Crippen LogP contribution in [0.15, 0.2) is 17.8 Å². The third kappa shape index (κ3) is 7.69. The lowest BCUT2D eigenvalue weighted by Crippen LogP contribution is -1.95. The van der Waals surface area contributed by atoms with E-state index in [2.05, 4.69) is 24.8 Å². The number of hydrogen-bond acceptors (Lipinski definition) is 2. The number of nitrogens with zero attached hydrogens (tertiary/aromatic N) is 1. The van der Waals surface area contributed by atoms with Crippen molar-refractivity contribution < 1.29 is 0 Å². The summed E-state index contributed by atoms with van der Waals surface area (Å²) in [5.74, 6) is 0.675. The maximum Gasteiger partial charge on any atom is 0.0811 e. The second-order valence-corrected chi connectivity index (χ2v) is 3.49. The summed E-state index contributed by atoms with van der Waals surface area (Å²) < 4.78 is 0. The number of rotatable bonds is 9. The fourth-order valence-electron chi connectivity index (χ4n) is 1.51. The molecule has 2 nitrogen and oxygen atoms in total. The SMILES string of the molecule is C=CC(CCC)CCCCCN=O. The molecule has 0 heterocycles. The van der Waals surface area contributed by atoms with E-state index in [1.54, 1.807) is 0 Å². The molecule has 0 aromatic rings. The number of allylic oxidation sites excluding steroid dienone is 1. The lowest BCUT2D eigenvalue weighted by Gasteiger charge is -2.09. The molecule has 0 radical (unpaired) electrons. The van der Waals surface area contributed by atoms with Gasteiger partial charge >= 0.3 is 0 Å². The molecule has 0 saturated heterocycles. The van der Waals surface area contributed by atoms with E-state index in [4.69, 9.17) is 0 Å². The lowest BCUT2D eigenvalue weighted by atomic mass is 9.97. The van der Waals surface area contributed by atoms with Gasteiger partial charge in [0.25, 0.3) is 0 Å². The Morgan fingerprint density at radius 1 is 1.31 bits per heavy atom. The normalized spacial score (nSPS) is 12.4. The molecule has 0 aromatic heterocycles. The molecule has 0 rings (SSSR count). The van der Waals surface area contributed by atoms with Crippen LogP contribution in [-0.4, -0.2) is 6.54 Å². The Bertz CT molecular complexity index is 134. The van der Waals surface area contributed by atoms with Crippen molar-refractivity contribution in [1.82, 2.24) is 0 Å². The van der Waals surface area contributed by atoms with Gasteiger partial charge in [-0.2, -0.15) is 4.91 Å². The highest BCUT2D eigenvalue weighted by Gasteiger charge is 2.01. The zero-order chi connectivity index (χ0) is 9.94. The summed E-state index contributed by atoms with van der Waals surface area (Å²) in [6.45, 7) is 6.51. The summed E-state index contributed by atoms with van der Waals surface area (Å²) in [4.78, 5) is 9.79. The van der Waals surface area contributed by atoms with Gasteiger partial charge in [-0.1, -0.05) is 37.4 Å². The van der Waals surface area contributed by atoms with Crippen molar-refractivity contribution in [3.8, 4) is 0 Å². The number of unbranched alkanes of at least 4 members (excludes halogenated alkanes) is 2. The molecule has 76 valence electrons. The Morgan fingerprint density at radius 3 is 2.62 bits per heavy atom. The molecular weight excluding hydrogens is 162 g/mol. The molecule has 2 heteroatoms. The summed E-state index contributed by atoms with van der Waals surface area (Å²) in [6, 6.07) is 0. The highest BCUT2D eigenvalue weighted by molar-refractivity contribution is 4.78. The fourth-order valence-corrected chi connectivity index (χ4v) is 1.51. The molecule has 0 aromatic carbocycles. The quantitative estimate of drug-likeness (QED) is 0.302. The van der Waals surface area contributed by atoms with Crippen molar-refractivity contribution in [2.75, 3.05) is 6.54 Å². The molecule has 0 N–H and O–H groups in total. The Morgan fingerprint density at radius 2 is 2.08 bits per heavy atom. The van der Waals surface area contributed by atoms with E-state index in [-0.39, 0.29) is 0 Å². The first-order valence-corrected chi connectivity index (χ1v) is 5.26. The Hall–Kier alpha value is -0.660. The summed E-state index contributed by atoms with van der Waals surface area (Å²) in [6.07, 6.45) is 9.02. The van der Waals surface area contributed by atoms with Crippen LogP contribution in [0.3, 0.4) is 0 Å². The van der Waals surface area contributed by atoms with Crippen LogP contribution in [0.5, 0.6) is 0 Å². The second kappa shape index (κ2) is 9.43. The topological polar surface area (TPSA) is 29.4 Å². The molecule has 0 aliphatic heterocycles. The van der Waals surface area contributed by atoms with Crippen molar-refractivity contribution >= 4 is 0 Å². The first-order chi connectivity index (χ1) is 6.35. The molecule has 1 atom stereocenters. The van der Waals surface area contributed by atoms with E-state index >= 15 is 0 Å². The van der Waals surface area contributed by atoms with Crippen molar-refractivity contribution in [1.29, 1.82) is 0 Å². The van der Waals surface area contributed by atoms with Gasteiger partial charge in [-0.15, -0.1) is 6.58 Å². The third-order valence-corrected chi connectivity index (χ3v) is 2.32. The molecule has 0 bridgehead atoms. The van der Waals surface area contributed by atoms with Gasteiger partial charge in [0.15, 0.2) is 0 Å². The predicted octanol–water partition coefficient (Wildman–Crippen LogP) is 3.92. The summed E-state index contributed by atoms with van der Waals surface area (Å²) in [5.41, 5.74) is 0. The summed E-state index contributed by atoms with van der Waals surface area (Å²) in [7, 11) is 0. The van der Waals surface area contributed by atoms with Crippen LogP contribution >= 0.6 is 0 Å². The summed E-state index contributed by atoms with van der Waals surface area (Å²) in [5, 5.41) is 2.84. The average molecular weight is 183 g/mol. The van der Waals surface area contributed by atoms with Gasteiger partial charge in [-0.05, 0) is 25.2 Å². The van der Waals surface area contributed by atoms with Gasteiger partial charge < -0.3 is 0 Å². The second-order valence-electron chi connectivity index (χ2n) is 3.49. The number of hydrogen-bond donors (Lipinski definition) is 0. The molecule has 0 spiro atoms. The van der Waals surface area contributed by atoms with Crippen molar-refractivity contribution in [3.05, 3.63) is 17.6 Å². The first kappa shape index (κ1) is 12.3. The van der Waals surface area contributed by atoms with E-state index in [0.29, 0.717) is 12.5 Å². The monoisotopic (exact) mass is 183 g/mol. The van der Waals surface area contributed by atoms with Gasteiger partial charge in [0, 0.05) is 0 Å². The highest BCUT2D eigenvalue weighted by atomic mass is 16.3. The van der Waals surface area contributed by atoms with E-state index < -0.39 is 0 Å². The van der Waals surface area contributed by atoms with Crippen LogP contribution < -0.4 is 0 Å². The highest BCUT2D eigenvalue weighted by Crippen LogP contribution is 2.16.